The number of piperazine rings is 2. The zero-order valence-corrected chi connectivity index (χ0v) is 29.9. The average Bonchev–Trinajstić information content (AvgIpc) is 3.75. The highest BCUT2D eigenvalue weighted by Gasteiger charge is 2.93. The Morgan fingerprint density at radius 2 is 1.16 bits per heavy atom. The molecule has 12 rings (SSSR count). The molecule has 2 spiro atoms. The predicted molar refractivity (Wildman–Crippen MR) is 186 cm³/mol. The van der Waals surface area contributed by atoms with E-state index in [4.69, 9.17) is 0 Å². The van der Waals surface area contributed by atoms with Crippen LogP contribution >= 0.6 is 43.2 Å². The van der Waals surface area contributed by atoms with Crippen molar-refractivity contribution < 1.29 is 34.5 Å². The van der Waals surface area contributed by atoms with Crippen LogP contribution in [0.25, 0.3) is 0 Å². The number of para-hydroxylation sites is 2. The van der Waals surface area contributed by atoms with Crippen molar-refractivity contribution in [3.63, 3.8) is 0 Å². The molecular formula is C32H32N6O7S4. The molecule has 5 N–H and O–H groups in total. The van der Waals surface area contributed by atoms with Crippen molar-refractivity contribution in [2.24, 2.45) is 5.92 Å². The van der Waals surface area contributed by atoms with E-state index in [1.165, 1.54) is 48.2 Å². The number of aliphatic hydroxyl groups excluding tert-OH is 3. The first-order valence-corrected chi connectivity index (χ1v) is 20.3. The summed E-state index contributed by atoms with van der Waals surface area (Å²) in [6, 6.07) is 14.6. The number of benzene rings is 2. The third kappa shape index (κ3) is 2.63. The summed E-state index contributed by atoms with van der Waals surface area (Å²) in [4.78, 5) is 58.4. The zero-order chi connectivity index (χ0) is 34.4. The summed E-state index contributed by atoms with van der Waals surface area (Å²) >= 11 is 0. The molecule has 3 unspecified atom stereocenters. The standard InChI is InChI=1S/C32H32N6O7S4/c1-14(2)30-26(45)38-22-29(16-10-6-8-12-18(16)34-22,20(41)32(38,49-47-30)25(44)36(30)4)28-15-9-5-7-11-17(15)33-21(28)37-23(42)27(13-39)35(3)24(43)31(37,19(28)40)48-46-27/h5-12,14,19-22,33-34,39-41H,13H2,1-4H3/t19-,20+,21-,22?,27-,28+,29+,30-,31?,32?/m0/s1. The maximum Gasteiger partial charge on any atom is 0.265 e. The predicted octanol–water partition coefficient (Wildman–Crippen LogP) is 0.939. The molecule has 2 aromatic rings. The first-order valence-electron chi connectivity index (χ1n) is 16.0. The molecule has 4 amide bonds. The molecule has 10 heterocycles. The molecule has 0 radical (unpaired) electrons. The minimum atomic E-state index is -1.87. The molecule has 0 aromatic heterocycles. The van der Waals surface area contributed by atoms with Gasteiger partial charge in [-0.1, -0.05) is 61.0 Å². The van der Waals surface area contributed by atoms with E-state index in [0.29, 0.717) is 22.5 Å². The van der Waals surface area contributed by atoms with Crippen LogP contribution in [0.4, 0.5) is 11.4 Å². The number of hydrogen-bond donors (Lipinski definition) is 5. The molecule has 10 atom stereocenters. The Bertz CT molecular complexity index is 1980. The smallest absolute Gasteiger partial charge is 0.265 e. The number of fused-ring (bicyclic) bond motifs is 11. The van der Waals surface area contributed by atoms with E-state index < -0.39 is 79.2 Å². The number of anilines is 2. The van der Waals surface area contributed by atoms with Gasteiger partial charge in [0.2, 0.25) is 14.6 Å². The van der Waals surface area contributed by atoms with Crippen molar-refractivity contribution in [3.05, 3.63) is 59.7 Å². The van der Waals surface area contributed by atoms with Gasteiger partial charge in [-0.2, -0.15) is 0 Å². The lowest BCUT2D eigenvalue weighted by molar-refractivity contribution is -0.169. The number of nitrogens with zero attached hydrogens (tertiary/aromatic N) is 4. The summed E-state index contributed by atoms with van der Waals surface area (Å²) in [5.74, 6) is -2.18. The minimum Gasteiger partial charge on any atom is -0.392 e. The molecule has 2 aromatic carbocycles. The third-order valence-corrected chi connectivity index (χ3v) is 20.2. The van der Waals surface area contributed by atoms with E-state index in [-0.39, 0.29) is 11.8 Å². The molecule has 0 saturated carbocycles. The third-order valence-electron chi connectivity index (χ3n) is 12.7. The Kier molecular flexibility index (Phi) is 5.67. The molecule has 8 saturated heterocycles. The lowest BCUT2D eigenvalue weighted by Crippen LogP contribution is -2.79. The van der Waals surface area contributed by atoms with Gasteiger partial charge in [0.25, 0.3) is 23.6 Å². The highest BCUT2D eigenvalue weighted by molar-refractivity contribution is 8.78. The Labute approximate surface area is 296 Å². The lowest BCUT2D eigenvalue weighted by Gasteiger charge is -2.60. The Hall–Kier alpha value is -2.80. The van der Waals surface area contributed by atoms with Crippen LogP contribution in [0.5, 0.6) is 0 Å². The summed E-state index contributed by atoms with van der Waals surface area (Å²) < 4.78 is 0. The Morgan fingerprint density at radius 3 is 1.67 bits per heavy atom. The lowest BCUT2D eigenvalue weighted by atomic mass is 9.52. The number of carbonyl (C=O) groups is 4. The maximum atomic E-state index is 15.1. The number of aliphatic hydroxyl groups is 3. The average molecular weight is 741 g/mol. The van der Waals surface area contributed by atoms with Crippen LogP contribution in [0.2, 0.25) is 0 Å². The topological polar surface area (TPSA) is 166 Å². The van der Waals surface area contributed by atoms with Crippen LogP contribution in [0.3, 0.4) is 0 Å². The first-order chi connectivity index (χ1) is 23.3. The highest BCUT2D eigenvalue weighted by atomic mass is 33.1. The van der Waals surface area contributed by atoms with Gasteiger partial charge in [0.15, 0.2) is 4.87 Å². The normalized spacial score (nSPS) is 45.0. The fraction of sp³-hybridized carbons (Fsp3) is 0.500. The minimum absolute atomic E-state index is 0.297. The summed E-state index contributed by atoms with van der Waals surface area (Å²) in [6.45, 7) is 3.13. The van der Waals surface area contributed by atoms with E-state index >= 15 is 4.79 Å². The van der Waals surface area contributed by atoms with Crippen LogP contribution in [-0.4, -0.2) is 123 Å². The number of carbonyl (C=O) groups excluding carboxylic acids is 4. The van der Waals surface area contributed by atoms with Crippen molar-refractivity contribution in [2.75, 3.05) is 31.3 Å². The molecule has 8 fully saturated rings. The molecule has 17 heteroatoms. The second-order valence-corrected chi connectivity index (χ2v) is 19.5. The zero-order valence-electron chi connectivity index (χ0n) is 26.6. The van der Waals surface area contributed by atoms with Crippen molar-refractivity contribution >= 4 is 78.2 Å². The molecule has 49 heavy (non-hydrogen) atoms. The van der Waals surface area contributed by atoms with E-state index in [1.54, 1.807) is 13.1 Å². The second kappa shape index (κ2) is 8.97. The van der Waals surface area contributed by atoms with Crippen molar-refractivity contribution in [1.82, 2.24) is 19.6 Å². The fourth-order valence-electron chi connectivity index (χ4n) is 10.5. The molecule has 256 valence electrons. The maximum absolute atomic E-state index is 15.1. The van der Waals surface area contributed by atoms with E-state index in [0.717, 1.165) is 21.6 Å². The van der Waals surface area contributed by atoms with E-state index in [9.17, 15) is 29.7 Å². The van der Waals surface area contributed by atoms with Crippen LogP contribution in [0.15, 0.2) is 48.5 Å². The first kappa shape index (κ1) is 31.0. The van der Waals surface area contributed by atoms with Gasteiger partial charge in [-0.05, 0) is 61.6 Å². The van der Waals surface area contributed by atoms with Gasteiger partial charge in [-0.3, -0.25) is 29.0 Å². The molecule has 0 aliphatic carbocycles. The summed E-state index contributed by atoms with van der Waals surface area (Å²) in [7, 11) is 7.57. The molecule has 4 bridgehead atoms. The van der Waals surface area contributed by atoms with Gasteiger partial charge in [0, 0.05) is 25.5 Å². The molecular weight excluding hydrogens is 709 g/mol. The summed E-state index contributed by atoms with van der Waals surface area (Å²) in [5.41, 5.74) is -1.13. The molecule has 10 aliphatic rings. The van der Waals surface area contributed by atoms with Gasteiger partial charge in [0.05, 0.1) is 17.4 Å². The van der Waals surface area contributed by atoms with Crippen molar-refractivity contribution in [1.29, 1.82) is 0 Å². The van der Waals surface area contributed by atoms with Crippen LogP contribution in [0, 0.1) is 5.92 Å². The van der Waals surface area contributed by atoms with Crippen molar-refractivity contribution in [2.45, 2.75) is 68.7 Å². The largest absolute Gasteiger partial charge is 0.392 e. The second-order valence-electron chi connectivity index (χ2n) is 14.3. The van der Waals surface area contributed by atoms with Crippen LogP contribution < -0.4 is 10.6 Å². The fourth-order valence-corrected chi connectivity index (χ4v) is 18.4. The van der Waals surface area contributed by atoms with Crippen molar-refractivity contribution in [3.8, 4) is 0 Å². The number of nitrogens with one attached hydrogen (secondary N) is 2. The number of amides is 4. The SMILES string of the molecule is CC(C)[C@@]12SSC3(C(=O)N1C)[C@H](O)[C@]1([C@@]45c6ccccc6N[C@H]4N4C(=O)[C@]6(CO)SSC4(C(=O)N6C)[C@H]5O)c4ccccc4NC1N3C2=O. The highest BCUT2D eigenvalue weighted by Crippen LogP contribution is 2.78. The summed E-state index contributed by atoms with van der Waals surface area (Å²) in [5, 5.41) is 44.5. The van der Waals surface area contributed by atoms with E-state index in [2.05, 4.69) is 10.6 Å². The van der Waals surface area contributed by atoms with Gasteiger partial charge < -0.3 is 35.8 Å². The van der Waals surface area contributed by atoms with E-state index in [1.807, 2.05) is 56.3 Å². The van der Waals surface area contributed by atoms with Crippen LogP contribution in [0.1, 0.15) is 25.0 Å². The monoisotopic (exact) mass is 740 g/mol. The quantitative estimate of drug-likeness (QED) is 0.283. The van der Waals surface area contributed by atoms with Gasteiger partial charge in [-0.15, -0.1) is 0 Å². The number of hydrogen-bond acceptors (Lipinski definition) is 13. The Morgan fingerprint density at radius 1 is 0.694 bits per heavy atom. The number of likely N-dealkylation sites (N-methyl/N-ethyl adjacent to an activating group) is 2. The van der Waals surface area contributed by atoms with Crippen LogP contribution in [-0.2, 0) is 30.0 Å². The summed E-state index contributed by atoms with van der Waals surface area (Å²) in [6.07, 6.45) is -5.53. The Balaban J connectivity index is 1.34. The molecule has 10 aliphatic heterocycles. The van der Waals surface area contributed by atoms with Gasteiger partial charge in [0.1, 0.15) is 24.5 Å². The number of rotatable bonds is 3. The molecule has 13 nitrogen and oxygen atoms in total. The van der Waals surface area contributed by atoms with Gasteiger partial charge >= 0.3 is 0 Å². The van der Waals surface area contributed by atoms with Gasteiger partial charge in [-0.25, -0.2) is 0 Å².